The normalized spacial score (nSPS) is 16.1. The molecule has 2 aliphatic heterocycles. The third-order valence-corrected chi connectivity index (χ3v) is 10.3. The topological polar surface area (TPSA) is 32.0 Å². The zero-order chi connectivity index (χ0) is 29.5. The van der Waals surface area contributed by atoms with E-state index in [-0.39, 0.29) is 6.04 Å². The van der Waals surface area contributed by atoms with Crippen LogP contribution in [0.1, 0.15) is 5.56 Å². The summed E-state index contributed by atoms with van der Waals surface area (Å²) in [6, 6.07) is 45.2. The van der Waals surface area contributed by atoms with Gasteiger partial charge in [0.1, 0.15) is 17.4 Å². The van der Waals surface area contributed by atoms with E-state index in [1.165, 1.54) is 37.0 Å². The Morgan fingerprint density at radius 3 is 2.09 bits per heavy atom. The molecule has 0 radical (unpaired) electrons. The number of fused-ring (bicyclic) bond motifs is 8. The molecule has 0 spiro atoms. The summed E-state index contributed by atoms with van der Waals surface area (Å²) in [5.41, 5.74) is 11.2. The first-order chi connectivity index (χ1) is 22.3. The van der Waals surface area contributed by atoms with Gasteiger partial charge in [0.05, 0.1) is 11.4 Å². The lowest BCUT2D eigenvalue weighted by Gasteiger charge is -2.35. The van der Waals surface area contributed by atoms with Crippen molar-refractivity contribution in [2.24, 2.45) is 0 Å². The Morgan fingerprint density at radius 1 is 0.622 bits per heavy atom. The van der Waals surface area contributed by atoms with Crippen LogP contribution < -0.4 is 9.48 Å². The summed E-state index contributed by atoms with van der Waals surface area (Å²) in [5, 5.41) is 2.64. The number of nitrogens with zero attached hydrogens (tertiary/aromatic N) is 4. The van der Waals surface area contributed by atoms with Gasteiger partial charge in [0.2, 0.25) is 0 Å². The molecule has 1 unspecified atom stereocenters. The van der Waals surface area contributed by atoms with Crippen molar-refractivity contribution in [2.45, 2.75) is 6.04 Å². The Hall–Kier alpha value is -5.65. The maximum atomic E-state index is 5.26. The molecular weight excluding hydrogens is 569 g/mol. The SMILES string of the molecule is C1=CC2=[N+](c3nc(-c4ccccc4)cc(-c4ccccc4)n3)c3ccccc3N3c4cc5sc6ccccc6c5cc4C(=C1)C23. The van der Waals surface area contributed by atoms with Crippen molar-refractivity contribution in [3.05, 3.63) is 151 Å². The highest BCUT2D eigenvalue weighted by Gasteiger charge is 2.46. The van der Waals surface area contributed by atoms with Gasteiger partial charge in [-0.25, -0.2) is 0 Å². The predicted octanol–water partition coefficient (Wildman–Crippen LogP) is 9.94. The molecule has 0 fully saturated rings. The number of rotatable bonds is 3. The summed E-state index contributed by atoms with van der Waals surface area (Å²) >= 11 is 1.87. The number of hydrogen-bond donors (Lipinski definition) is 0. The number of para-hydroxylation sites is 2. The second-order valence-electron chi connectivity index (χ2n) is 11.6. The number of allylic oxidation sites excluding steroid dienone is 2. The minimum Gasteiger partial charge on any atom is -0.323 e. The number of benzene rings is 5. The molecule has 210 valence electrons. The van der Waals surface area contributed by atoms with Gasteiger partial charge in [0.25, 0.3) is 0 Å². The Morgan fingerprint density at radius 2 is 1.31 bits per heavy atom. The van der Waals surface area contributed by atoms with E-state index in [1.807, 2.05) is 23.5 Å². The van der Waals surface area contributed by atoms with Crippen LogP contribution in [-0.4, -0.2) is 21.7 Å². The number of thiophene rings is 1. The van der Waals surface area contributed by atoms with Gasteiger partial charge < -0.3 is 4.90 Å². The van der Waals surface area contributed by atoms with Gasteiger partial charge in [0.15, 0.2) is 11.4 Å². The van der Waals surface area contributed by atoms with Crippen molar-refractivity contribution < 1.29 is 0 Å². The highest BCUT2D eigenvalue weighted by molar-refractivity contribution is 7.25. The fourth-order valence-electron chi connectivity index (χ4n) is 7.16. The second-order valence-corrected chi connectivity index (χ2v) is 12.7. The summed E-state index contributed by atoms with van der Waals surface area (Å²) in [6.45, 7) is 0. The van der Waals surface area contributed by atoms with Crippen LogP contribution in [0.3, 0.4) is 0 Å². The highest BCUT2D eigenvalue weighted by Crippen LogP contribution is 2.54. The first-order valence-corrected chi connectivity index (χ1v) is 16.0. The summed E-state index contributed by atoms with van der Waals surface area (Å²) in [6.07, 6.45) is 6.71. The third kappa shape index (κ3) is 3.62. The fourth-order valence-corrected chi connectivity index (χ4v) is 8.28. The van der Waals surface area contributed by atoms with Crippen LogP contribution in [0.15, 0.2) is 146 Å². The first kappa shape index (κ1) is 24.8. The molecule has 3 aliphatic rings. The smallest absolute Gasteiger partial charge is 0.323 e. The Labute approximate surface area is 264 Å². The van der Waals surface area contributed by atoms with Gasteiger partial charge in [-0.3, -0.25) is 0 Å². The number of hydrogen-bond acceptors (Lipinski definition) is 4. The molecule has 0 saturated heterocycles. The monoisotopic (exact) mass is 593 g/mol. The second kappa shape index (κ2) is 9.42. The lowest BCUT2D eigenvalue weighted by Crippen LogP contribution is -2.43. The van der Waals surface area contributed by atoms with E-state index < -0.39 is 0 Å². The van der Waals surface area contributed by atoms with E-state index >= 15 is 0 Å². The van der Waals surface area contributed by atoms with Gasteiger partial charge in [-0.15, -0.1) is 11.3 Å². The fraction of sp³-hybridized carbons (Fsp3) is 0.0250. The molecule has 0 bridgehead atoms. The van der Waals surface area contributed by atoms with E-state index in [0.717, 1.165) is 39.6 Å². The van der Waals surface area contributed by atoms with Crippen LogP contribution >= 0.6 is 11.3 Å². The van der Waals surface area contributed by atoms with Crippen LogP contribution in [0.25, 0.3) is 48.3 Å². The zero-order valence-corrected chi connectivity index (χ0v) is 24.9. The van der Waals surface area contributed by atoms with Gasteiger partial charge in [-0.05, 0) is 42.0 Å². The molecule has 5 heteroatoms. The molecule has 5 aromatic carbocycles. The molecule has 45 heavy (non-hydrogen) atoms. The third-order valence-electron chi connectivity index (χ3n) is 9.14. The summed E-state index contributed by atoms with van der Waals surface area (Å²) in [7, 11) is 0. The maximum Gasteiger partial charge on any atom is 0.439 e. The van der Waals surface area contributed by atoms with Crippen molar-refractivity contribution >= 4 is 65.8 Å². The predicted molar refractivity (Wildman–Crippen MR) is 188 cm³/mol. The van der Waals surface area contributed by atoms with Crippen molar-refractivity contribution in [3.63, 3.8) is 0 Å². The lowest BCUT2D eigenvalue weighted by molar-refractivity contribution is 0.884. The van der Waals surface area contributed by atoms with E-state index in [1.54, 1.807) is 0 Å². The van der Waals surface area contributed by atoms with Crippen molar-refractivity contribution in [1.29, 1.82) is 0 Å². The summed E-state index contributed by atoms with van der Waals surface area (Å²) < 4.78 is 4.92. The molecule has 0 saturated carbocycles. The van der Waals surface area contributed by atoms with E-state index in [2.05, 4.69) is 143 Å². The minimum absolute atomic E-state index is 0.0202. The van der Waals surface area contributed by atoms with Crippen LogP contribution in [0.4, 0.5) is 23.0 Å². The summed E-state index contributed by atoms with van der Waals surface area (Å²) in [4.78, 5) is 13.0. The minimum atomic E-state index is 0.0202. The molecular formula is C40H25N4S+. The van der Waals surface area contributed by atoms with E-state index in [4.69, 9.17) is 9.97 Å². The first-order valence-electron chi connectivity index (χ1n) is 15.2. The molecule has 4 nitrogen and oxygen atoms in total. The largest absolute Gasteiger partial charge is 0.439 e. The molecule has 4 heterocycles. The molecule has 1 atom stereocenters. The maximum absolute atomic E-state index is 5.26. The van der Waals surface area contributed by atoms with Crippen molar-refractivity contribution in [1.82, 2.24) is 14.5 Å². The number of aromatic nitrogens is 2. The van der Waals surface area contributed by atoms with Crippen LogP contribution in [0.2, 0.25) is 0 Å². The van der Waals surface area contributed by atoms with Crippen LogP contribution in [-0.2, 0) is 0 Å². The standard InChI is InChI=1S/C40H25N4S/c1-3-12-25(13-4-1)31-23-32(26-14-5-2-6-15-26)42-40(41-31)44-34-19-9-8-18-33(34)43-36-24-38-30(27-16-7-10-21-37(27)45-38)22-29(36)28-17-11-20-35(44)39(28)43/h1-24,39H/q+1. The van der Waals surface area contributed by atoms with Crippen molar-refractivity contribution in [2.75, 3.05) is 4.90 Å². The molecule has 7 aromatic rings. The Balaban J connectivity index is 1.24. The quantitative estimate of drug-likeness (QED) is 0.191. The Bertz CT molecular complexity index is 2380. The summed E-state index contributed by atoms with van der Waals surface area (Å²) in [5.74, 6) is 0.672. The lowest BCUT2D eigenvalue weighted by atomic mass is 9.92. The highest BCUT2D eigenvalue weighted by atomic mass is 32.1. The van der Waals surface area contributed by atoms with Gasteiger partial charge in [-0.2, -0.15) is 4.58 Å². The molecule has 2 aromatic heterocycles. The van der Waals surface area contributed by atoms with Crippen LogP contribution in [0.5, 0.6) is 0 Å². The van der Waals surface area contributed by atoms with Crippen LogP contribution in [0, 0.1) is 0 Å². The van der Waals surface area contributed by atoms with E-state index in [9.17, 15) is 0 Å². The zero-order valence-electron chi connectivity index (χ0n) is 24.1. The van der Waals surface area contributed by atoms with Gasteiger partial charge in [-0.1, -0.05) is 113 Å². The molecule has 0 amide bonds. The molecule has 1 aliphatic carbocycles. The number of anilines is 2. The van der Waals surface area contributed by atoms with Gasteiger partial charge >= 0.3 is 5.95 Å². The molecule has 10 rings (SSSR count). The van der Waals surface area contributed by atoms with Crippen molar-refractivity contribution in [3.8, 4) is 22.5 Å². The van der Waals surface area contributed by atoms with Gasteiger partial charge in [0, 0.05) is 42.9 Å². The van der Waals surface area contributed by atoms with E-state index in [0.29, 0.717) is 5.95 Å². The average Bonchev–Trinajstić information content (AvgIpc) is 3.64. The average molecular weight is 594 g/mol. The Kier molecular flexibility index (Phi) is 5.18. The molecule has 0 N–H and O–H groups in total.